The molecule has 1 aliphatic heterocycles. The van der Waals surface area contributed by atoms with E-state index in [2.05, 4.69) is 6.07 Å². The Hall–Kier alpha value is -0.870. The zero-order chi connectivity index (χ0) is 12.5. The van der Waals surface area contributed by atoms with Crippen molar-refractivity contribution < 1.29 is 9.90 Å². The van der Waals surface area contributed by atoms with Gasteiger partial charge in [0.05, 0.1) is 11.0 Å². The Bertz CT molecular complexity index is 423. The summed E-state index contributed by atoms with van der Waals surface area (Å²) in [5, 5.41) is 9.26. The van der Waals surface area contributed by atoms with Crippen LogP contribution in [0.5, 0.6) is 0 Å². The number of aliphatic hydroxyl groups excluding tert-OH is 1. The van der Waals surface area contributed by atoms with Crippen LogP contribution in [0.4, 0.5) is 0 Å². The lowest BCUT2D eigenvalue weighted by Crippen LogP contribution is -2.53. The fourth-order valence-corrected chi connectivity index (χ4v) is 3.95. The highest BCUT2D eigenvalue weighted by molar-refractivity contribution is 7.14. The molecule has 1 saturated heterocycles. The van der Waals surface area contributed by atoms with E-state index in [1.54, 1.807) is 16.2 Å². The molecular weight excluding hydrogens is 246 g/mol. The number of carbonyl (C=O) groups excluding carboxylic acids is 1. The summed E-state index contributed by atoms with van der Waals surface area (Å²) in [6.07, 6.45) is 7.09. The van der Waals surface area contributed by atoms with E-state index in [4.69, 9.17) is 0 Å². The third-order valence-electron chi connectivity index (χ3n) is 3.86. The molecule has 1 aromatic heterocycles. The van der Waals surface area contributed by atoms with Gasteiger partial charge >= 0.3 is 0 Å². The normalized spacial score (nSPS) is 20.8. The van der Waals surface area contributed by atoms with Crippen LogP contribution in [-0.2, 0) is 12.8 Å². The number of hydrogen-bond acceptors (Lipinski definition) is 3. The van der Waals surface area contributed by atoms with Gasteiger partial charge in [-0.15, -0.1) is 11.3 Å². The second kappa shape index (κ2) is 5.02. The first-order chi connectivity index (χ1) is 8.74. The Balaban J connectivity index is 1.76. The maximum absolute atomic E-state index is 12.2. The number of fused-ring (bicyclic) bond motifs is 1. The summed E-state index contributed by atoms with van der Waals surface area (Å²) in [4.78, 5) is 16.2. The molecule has 1 aromatic rings. The predicted octanol–water partition coefficient (Wildman–Crippen LogP) is 2.22. The largest absolute Gasteiger partial charge is 0.389 e. The lowest BCUT2D eigenvalue weighted by atomic mass is 9.99. The van der Waals surface area contributed by atoms with Gasteiger partial charge in [0.1, 0.15) is 0 Å². The molecule has 0 bridgehead atoms. The minimum Gasteiger partial charge on any atom is -0.389 e. The summed E-state index contributed by atoms with van der Waals surface area (Å²) in [5.74, 6) is 0.108. The molecule has 0 spiro atoms. The average Bonchev–Trinajstić information content (AvgIpc) is 2.67. The fraction of sp³-hybridized carbons (Fsp3) is 0.643. The minimum atomic E-state index is -0.310. The van der Waals surface area contributed by atoms with Crippen molar-refractivity contribution in [1.82, 2.24) is 4.90 Å². The molecule has 2 heterocycles. The van der Waals surface area contributed by atoms with Gasteiger partial charge in [-0.2, -0.15) is 0 Å². The van der Waals surface area contributed by atoms with Crippen molar-refractivity contribution in [1.29, 1.82) is 0 Å². The number of carbonyl (C=O) groups is 1. The molecule has 3 nitrogen and oxygen atoms in total. The second-order valence-corrected chi connectivity index (χ2v) is 6.47. The van der Waals surface area contributed by atoms with Crippen LogP contribution < -0.4 is 0 Å². The van der Waals surface area contributed by atoms with E-state index in [0.717, 1.165) is 17.7 Å². The van der Waals surface area contributed by atoms with Crippen LogP contribution in [0, 0.1) is 0 Å². The molecule has 0 radical (unpaired) electrons. The van der Waals surface area contributed by atoms with Crippen LogP contribution in [0.25, 0.3) is 0 Å². The molecule has 3 rings (SSSR count). The van der Waals surface area contributed by atoms with E-state index in [-0.39, 0.29) is 12.0 Å². The summed E-state index contributed by atoms with van der Waals surface area (Å²) in [7, 11) is 0. The van der Waals surface area contributed by atoms with Gasteiger partial charge < -0.3 is 10.0 Å². The molecule has 2 aliphatic rings. The Kier molecular flexibility index (Phi) is 3.39. The quantitative estimate of drug-likeness (QED) is 0.846. The van der Waals surface area contributed by atoms with E-state index in [9.17, 15) is 9.90 Å². The number of likely N-dealkylation sites (tertiary alicyclic amines) is 1. The first-order valence-electron chi connectivity index (χ1n) is 6.83. The smallest absolute Gasteiger partial charge is 0.264 e. The van der Waals surface area contributed by atoms with Gasteiger partial charge in [-0.1, -0.05) is 12.8 Å². The Morgan fingerprint density at radius 3 is 2.67 bits per heavy atom. The summed E-state index contributed by atoms with van der Waals surface area (Å²) in [6, 6.07) is 2.10. The van der Waals surface area contributed by atoms with Gasteiger partial charge in [0, 0.05) is 18.0 Å². The topological polar surface area (TPSA) is 40.5 Å². The zero-order valence-electron chi connectivity index (χ0n) is 10.5. The summed E-state index contributed by atoms with van der Waals surface area (Å²) < 4.78 is 0. The number of rotatable bonds is 1. The molecule has 0 unspecified atom stereocenters. The fourth-order valence-electron chi connectivity index (χ4n) is 2.73. The van der Waals surface area contributed by atoms with Crippen LogP contribution in [-0.4, -0.2) is 35.1 Å². The second-order valence-electron chi connectivity index (χ2n) is 5.34. The van der Waals surface area contributed by atoms with Crippen LogP contribution >= 0.6 is 11.3 Å². The number of aliphatic hydroxyl groups is 1. The average molecular weight is 265 g/mol. The van der Waals surface area contributed by atoms with E-state index in [0.29, 0.717) is 13.1 Å². The number of amides is 1. The first-order valence-corrected chi connectivity index (χ1v) is 7.64. The van der Waals surface area contributed by atoms with Crippen molar-refractivity contribution in [3.8, 4) is 0 Å². The molecule has 1 amide bonds. The molecule has 1 aliphatic carbocycles. The van der Waals surface area contributed by atoms with Crippen molar-refractivity contribution in [3.63, 3.8) is 0 Å². The minimum absolute atomic E-state index is 0.108. The molecule has 0 atom stereocenters. The summed E-state index contributed by atoms with van der Waals surface area (Å²) in [5.41, 5.74) is 1.39. The molecule has 0 aromatic carbocycles. The maximum atomic E-state index is 12.2. The maximum Gasteiger partial charge on any atom is 0.264 e. The van der Waals surface area contributed by atoms with E-state index < -0.39 is 0 Å². The van der Waals surface area contributed by atoms with Crippen molar-refractivity contribution in [2.45, 2.75) is 44.6 Å². The number of β-amino-alcohol motifs (C(OH)–C–C–N with tert-alkyl or cyclic N) is 1. The van der Waals surface area contributed by atoms with Crippen molar-refractivity contribution in [2.24, 2.45) is 0 Å². The molecule has 4 heteroatoms. The van der Waals surface area contributed by atoms with Gasteiger partial charge in [0.25, 0.3) is 5.91 Å². The van der Waals surface area contributed by atoms with Gasteiger partial charge in [-0.25, -0.2) is 0 Å². The Labute approximate surface area is 111 Å². The molecular formula is C14H19NO2S. The lowest BCUT2D eigenvalue weighted by molar-refractivity contribution is 0.00622. The van der Waals surface area contributed by atoms with E-state index in [1.807, 2.05) is 0 Å². The van der Waals surface area contributed by atoms with Crippen molar-refractivity contribution >= 4 is 17.2 Å². The molecule has 98 valence electrons. The van der Waals surface area contributed by atoms with Gasteiger partial charge in [0.2, 0.25) is 0 Å². The predicted molar refractivity (Wildman–Crippen MR) is 72.1 cm³/mol. The van der Waals surface area contributed by atoms with Crippen molar-refractivity contribution in [3.05, 3.63) is 21.4 Å². The van der Waals surface area contributed by atoms with Crippen LogP contribution in [0.15, 0.2) is 6.07 Å². The van der Waals surface area contributed by atoms with Crippen LogP contribution in [0.3, 0.4) is 0 Å². The number of hydrogen-bond donors (Lipinski definition) is 1. The highest BCUT2D eigenvalue weighted by Gasteiger charge is 2.30. The standard InChI is InChI=1S/C14H19NO2S/c16-11-8-15(9-11)14(17)13-7-10-5-3-1-2-4-6-12(10)18-13/h7,11,16H,1-6,8-9H2. The molecule has 1 N–H and O–H groups in total. The molecule has 18 heavy (non-hydrogen) atoms. The first kappa shape index (κ1) is 12.2. The molecule has 0 saturated carbocycles. The highest BCUT2D eigenvalue weighted by atomic mass is 32.1. The third-order valence-corrected chi connectivity index (χ3v) is 5.08. The molecule has 1 fully saturated rings. The van der Waals surface area contributed by atoms with Crippen LogP contribution in [0.2, 0.25) is 0 Å². The monoisotopic (exact) mass is 265 g/mol. The number of nitrogens with zero attached hydrogens (tertiary/aromatic N) is 1. The highest BCUT2D eigenvalue weighted by Crippen LogP contribution is 2.30. The Morgan fingerprint density at radius 2 is 1.94 bits per heavy atom. The van der Waals surface area contributed by atoms with Gasteiger partial charge in [-0.3, -0.25) is 4.79 Å². The van der Waals surface area contributed by atoms with E-state index in [1.165, 1.54) is 36.1 Å². The van der Waals surface area contributed by atoms with Gasteiger partial charge in [0.15, 0.2) is 0 Å². The SMILES string of the molecule is O=C(c1cc2c(s1)CCCCCC2)N1CC(O)C1. The Morgan fingerprint density at radius 1 is 1.22 bits per heavy atom. The van der Waals surface area contributed by atoms with Crippen molar-refractivity contribution in [2.75, 3.05) is 13.1 Å². The van der Waals surface area contributed by atoms with Crippen LogP contribution in [0.1, 0.15) is 45.8 Å². The lowest BCUT2D eigenvalue weighted by Gasteiger charge is -2.35. The summed E-state index contributed by atoms with van der Waals surface area (Å²) in [6.45, 7) is 1.00. The number of thiophene rings is 1. The third kappa shape index (κ3) is 2.31. The van der Waals surface area contributed by atoms with E-state index >= 15 is 0 Å². The number of aryl methyl sites for hydroxylation is 2. The van der Waals surface area contributed by atoms with Gasteiger partial charge in [-0.05, 0) is 37.3 Å². The summed E-state index contributed by atoms with van der Waals surface area (Å²) >= 11 is 1.67. The zero-order valence-corrected chi connectivity index (χ0v) is 11.3.